The first-order chi connectivity index (χ1) is 9.99. The van der Waals surface area contributed by atoms with Crippen LogP contribution < -0.4 is 5.32 Å². The Hall–Kier alpha value is -1.32. The predicted octanol–water partition coefficient (Wildman–Crippen LogP) is 5.80. The summed E-state index contributed by atoms with van der Waals surface area (Å²) < 4.78 is 0. The normalized spacial score (nSPS) is 12.4. The second-order valence-electron chi connectivity index (χ2n) is 5.66. The number of rotatable bonds is 5. The van der Waals surface area contributed by atoms with E-state index in [-0.39, 0.29) is 5.91 Å². The van der Waals surface area contributed by atoms with Crippen LogP contribution in [0.2, 0.25) is 5.02 Å². The molecule has 1 amide bonds. The van der Waals surface area contributed by atoms with Crippen LogP contribution in [0.15, 0.2) is 35.7 Å². The van der Waals surface area contributed by atoms with Crippen LogP contribution in [0.4, 0.5) is 5.69 Å². The van der Waals surface area contributed by atoms with Crippen molar-refractivity contribution in [3.63, 3.8) is 0 Å². The van der Waals surface area contributed by atoms with E-state index in [9.17, 15) is 4.79 Å². The number of hydrogen-bond donors (Lipinski definition) is 1. The molecule has 0 saturated heterocycles. The van der Waals surface area contributed by atoms with Gasteiger partial charge in [-0.15, -0.1) is 11.3 Å². The quantitative estimate of drug-likeness (QED) is 0.740. The predicted molar refractivity (Wildman–Crippen MR) is 91.6 cm³/mol. The molecule has 0 saturated carbocycles. The Balaban J connectivity index is 2.16. The smallest absolute Gasteiger partial charge is 0.257 e. The van der Waals surface area contributed by atoms with Gasteiger partial charge in [-0.3, -0.25) is 4.79 Å². The summed E-state index contributed by atoms with van der Waals surface area (Å²) in [4.78, 5) is 13.6. The van der Waals surface area contributed by atoms with Gasteiger partial charge in [-0.1, -0.05) is 44.5 Å². The van der Waals surface area contributed by atoms with Gasteiger partial charge in [0.25, 0.3) is 5.91 Å². The van der Waals surface area contributed by atoms with Gasteiger partial charge in [-0.25, -0.2) is 0 Å². The molecule has 0 spiro atoms. The lowest BCUT2D eigenvalue weighted by Crippen LogP contribution is -2.13. The number of halogens is 1. The van der Waals surface area contributed by atoms with Gasteiger partial charge in [-0.05, 0) is 41.8 Å². The van der Waals surface area contributed by atoms with Crippen molar-refractivity contribution in [2.24, 2.45) is 5.92 Å². The third-order valence-electron chi connectivity index (χ3n) is 3.33. The molecule has 0 aliphatic heterocycles. The zero-order valence-electron chi connectivity index (χ0n) is 12.5. The fraction of sp³-hybridized carbons (Fsp3) is 0.353. The van der Waals surface area contributed by atoms with Crippen LogP contribution in [0.3, 0.4) is 0 Å². The summed E-state index contributed by atoms with van der Waals surface area (Å²) >= 11 is 7.77. The Morgan fingerprint density at radius 3 is 2.62 bits per heavy atom. The van der Waals surface area contributed by atoms with E-state index in [1.807, 2.05) is 23.6 Å². The van der Waals surface area contributed by atoms with Crippen molar-refractivity contribution in [2.45, 2.75) is 33.1 Å². The van der Waals surface area contributed by atoms with Gasteiger partial charge in [0.15, 0.2) is 0 Å². The van der Waals surface area contributed by atoms with Crippen LogP contribution in [-0.4, -0.2) is 5.91 Å². The Morgan fingerprint density at radius 2 is 1.95 bits per heavy atom. The highest BCUT2D eigenvalue weighted by Crippen LogP contribution is 2.34. The number of anilines is 1. The molecule has 1 N–H and O–H groups in total. The molecule has 0 radical (unpaired) electrons. The first-order valence-corrected chi connectivity index (χ1v) is 8.38. The lowest BCUT2D eigenvalue weighted by Gasteiger charge is -2.15. The topological polar surface area (TPSA) is 29.1 Å². The second kappa shape index (κ2) is 7.10. The Bertz CT molecular complexity index is 621. The molecular formula is C17H20ClNOS. The monoisotopic (exact) mass is 321 g/mol. The Labute approximate surface area is 135 Å². The molecule has 1 heterocycles. The third kappa shape index (κ3) is 4.08. The number of thiophene rings is 1. The number of nitrogens with one attached hydrogen (secondary N) is 1. The lowest BCUT2D eigenvalue weighted by atomic mass is 9.97. The van der Waals surface area contributed by atoms with Crippen molar-refractivity contribution < 1.29 is 4.79 Å². The number of carbonyl (C=O) groups is 1. The van der Waals surface area contributed by atoms with Gasteiger partial charge >= 0.3 is 0 Å². The summed E-state index contributed by atoms with van der Waals surface area (Å²) in [7, 11) is 0. The maximum Gasteiger partial charge on any atom is 0.257 e. The van der Waals surface area contributed by atoms with E-state index in [1.54, 1.807) is 23.5 Å². The molecule has 112 valence electrons. The minimum atomic E-state index is -0.156. The number of amides is 1. The Morgan fingerprint density at radius 1 is 1.24 bits per heavy atom. The van der Waals surface area contributed by atoms with E-state index >= 15 is 0 Å². The first kappa shape index (κ1) is 16.1. The zero-order valence-corrected chi connectivity index (χ0v) is 14.1. The van der Waals surface area contributed by atoms with Crippen molar-refractivity contribution in [3.8, 4) is 0 Å². The van der Waals surface area contributed by atoms with E-state index in [0.29, 0.717) is 22.4 Å². The molecule has 0 bridgehead atoms. The fourth-order valence-electron chi connectivity index (χ4n) is 2.46. The first-order valence-electron chi connectivity index (χ1n) is 7.12. The molecule has 1 atom stereocenters. The SMILES string of the molecule is CC(C)CC(C)c1sccc1NC(=O)c1ccccc1Cl. The van der Waals surface area contributed by atoms with E-state index in [0.717, 1.165) is 12.1 Å². The molecule has 2 rings (SSSR count). The molecule has 1 unspecified atom stereocenters. The average molecular weight is 322 g/mol. The van der Waals surface area contributed by atoms with Crippen LogP contribution in [0.1, 0.15) is 48.3 Å². The van der Waals surface area contributed by atoms with Crippen LogP contribution in [0, 0.1) is 5.92 Å². The molecule has 2 aromatic rings. The molecule has 21 heavy (non-hydrogen) atoms. The summed E-state index contributed by atoms with van der Waals surface area (Å²) in [6.07, 6.45) is 1.11. The number of hydrogen-bond acceptors (Lipinski definition) is 2. The van der Waals surface area contributed by atoms with Gasteiger partial charge in [0, 0.05) is 4.88 Å². The Kier molecular flexibility index (Phi) is 5.43. The van der Waals surface area contributed by atoms with Gasteiger partial charge in [0.05, 0.1) is 16.3 Å². The summed E-state index contributed by atoms with van der Waals surface area (Å²) in [5.74, 6) is 0.915. The van der Waals surface area contributed by atoms with Gasteiger partial charge in [-0.2, -0.15) is 0 Å². The number of carbonyl (C=O) groups excluding carboxylic acids is 1. The van der Waals surface area contributed by atoms with Gasteiger partial charge < -0.3 is 5.32 Å². The zero-order chi connectivity index (χ0) is 15.4. The molecule has 2 nitrogen and oxygen atoms in total. The maximum absolute atomic E-state index is 12.3. The highest BCUT2D eigenvalue weighted by Gasteiger charge is 2.17. The minimum Gasteiger partial charge on any atom is -0.321 e. The summed E-state index contributed by atoms with van der Waals surface area (Å²) in [6, 6.07) is 9.07. The van der Waals surface area contributed by atoms with E-state index in [2.05, 4.69) is 26.1 Å². The second-order valence-corrected chi connectivity index (χ2v) is 7.02. The molecule has 1 aromatic carbocycles. The van der Waals surface area contributed by atoms with E-state index < -0.39 is 0 Å². The van der Waals surface area contributed by atoms with Crippen molar-refractivity contribution in [1.29, 1.82) is 0 Å². The standard InChI is InChI=1S/C17H20ClNOS/c1-11(2)10-12(3)16-15(8-9-21-16)19-17(20)13-6-4-5-7-14(13)18/h4-9,11-12H,10H2,1-3H3,(H,19,20). The van der Waals surface area contributed by atoms with Crippen molar-refractivity contribution >= 4 is 34.5 Å². The van der Waals surface area contributed by atoms with Crippen molar-refractivity contribution in [3.05, 3.63) is 51.2 Å². The third-order valence-corrected chi connectivity index (χ3v) is 4.81. The highest BCUT2D eigenvalue weighted by molar-refractivity contribution is 7.10. The average Bonchev–Trinajstić information content (AvgIpc) is 2.86. The van der Waals surface area contributed by atoms with Crippen LogP contribution in [0.5, 0.6) is 0 Å². The number of benzene rings is 1. The molecule has 0 aliphatic carbocycles. The maximum atomic E-state index is 12.3. The molecule has 0 fully saturated rings. The van der Waals surface area contributed by atoms with Crippen LogP contribution >= 0.6 is 22.9 Å². The van der Waals surface area contributed by atoms with E-state index in [4.69, 9.17) is 11.6 Å². The van der Waals surface area contributed by atoms with Crippen LogP contribution in [-0.2, 0) is 0 Å². The van der Waals surface area contributed by atoms with Gasteiger partial charge in [0.1, 0.15) is 0 Å². The fourth-order valence-corrected chi connectivity index (χ4v) is 3.60. The molecule has 0 aliphatic rings. The summed E-state index contributed by atoms with van der Waals surface area (Å²) in [5, 5.41) is 5.49. The summed E-state index contributed by atoms with van der Waals surface area (Å²) in [5.41, 5.74) is 1.41. The largest absolute Gasteiger partial charge is 0.321 e. The highest BCUT2D eigenvalue weighted by atomic mass is 35.5. The minimum absolute atomic E-state index is 0.156. The van der Waals surface area contributed by atoms with Crippen molar-refractivity contribution in [2.75, 3.05) is 5.32 Å². The lowest BCUT2D eigenvalue weighted by molar-refractivity contribution is 0.102. The van der Waals surface area contributed by atoms with Gasteiger partial charge in [0.2, 0.25) is 0 Å². The summed E-state index contributed by atoms with van der Waals surface area (Å²) in [6.45, 7) is 6.63. The van der Waals surface area contributed by atoms with E-state index in [1.165, 1.54) is 4.88 Å². The molecule has 4 heteroatoms. The molecular weight excluding hydrogens is 302 g/mol. The van der Waals surface area contributed by atoms with Crippen LogP contribution in [0.25, 0.3) is 0 Å². The van der Waals surface area contributed by atoms with Crippen molar-refractivity contribution in [1.82, 2.24) is 0 Å². The molecule has 1 aromatic heterocycles.